The number of alkyl carbamates (subject to hydrolysis) is 1. The Labute approximate surface area is 233 Å². The minimum Gasteiger partial charge on any atom is -0.444 e. The van der Waals surface area contributed by atoms with Gasteiger partial charge in [-0.2, -0.15) is 0 Å². The maximum absolute atomic E-state index is 14.2. The van der Waals surface area contributed by atoms with Crippen LogP contribution in [-0.4, -0.2) is 59.3 Å². The standard InChI is InChI=1S/C31H45N3O5/c1-7-8-12-18-32-28(36)27(26-22(2)14-13-15-23(26)3)34(19-20-35)29(37)25(21-24-16-10-9-11-17-24)33-30(38)39-31(4,5)6/h9-11,13-17,25,27,35H,7-8,12,18-21H2,1-6H3,(H,32,36)(H,33,38). The molecule has 0 aliphatic rings. The van der Waals surface area contributed by atoms with Gasteiger partial charge >= 0.3 is 6.09 Å². The quantitative estimate of drug-likeness (QED) is 0.322. The SMILES string of the molecule is CCCCCNC(=O)C(c1c(C)cccc1C)N(CCO)C(=O)C(Cc1ccccc1)NC(=O)OC(C)(C)C. The predicted molar refractivity (Wildman–Crippen MR) is 153 cm³/mol. The highest BCUT2D eigenvalue weighted by Gasteiger charge is 2.37. The molecule has 2 aromatic rings. The number of rotatable bonds is 13. The Morgan fingerprint density at radius 1 is 0.974 bits per heavy atom. The number of unbranched alkanes of at least 4 members (excludes halogenated alkanes) is 2. The Morgan fingerprint density at radius 3 is 2.18 bits per heavy atom. The van der Waals surface area contributed by atoms with E-state index in [0.717, 1.165) is 36.0 Å². The van der Waals surface area contributed by atoms with Crippen molar-refractivity contribution >= 4 is 17.9 Å². The van der Waals surface area contributed by atoms with Crippen LogP contribution in [0.1, 0.15) is 75.3 Å². The highest BCUT2D eigenvalue weighted by molar-refractivity contribution is 5.92. The molecule has 0 fully saturated rings. The third kappa shape index (κ3) is 10.0. The molecule has 3 amide bonds. The predicted octanol–water partition coefficient (Wildman–Crippen LogP) is 4.61. The van der Waals surface area contributed by atoms with Crippen molar-refractivity contribution in [2.45, 2.75) is 84.9 Å². The summed E-state index contributed by atoms with van der Waals surface area (Å²) in [6.07, 6.45) is 2.29. The molecule has 0 aliphatic heterocycles. The molecule has 0 heterocycles. The summed E-state index contributed by atoms with van der Waals surface area (Å²) in [5, 5.41) is 15.7. The molecule has 0 bridgehead atoms. The number of aryl methyl sites for hydroxylation is 2. The van der Waals surface area contributed by atoms with E-state index < -0.39 is 29.7 Å². The zero-order chi connectivity index (χ0) is 29.0. The number of amides is 3. The molecule has 39 heavy (non-hydrogen) atoms. The molecule has 3 N–H and O–H groups in total. The van der Waals surface area contributed by atoms with E-state index in [-0.39, 0.29) is 25.5 Å². The van der Waals surface area contributed by atoms with E-state index in [4.69, 9.17) is 4.74 Å². The fraction of sp³-hybridized carbons (Fsp3) is 0.516. The molecule has 0 radical (unpaired) electrons. The first kappa shape index (κ1) is 31.8. The summed E-state index contributed by atoms with van der Waals surface area (Å²) in [5.74, 6) is -0.795. The number of hydrogen-bond acceptors (Lipinski definition) is 5. The van der Waals surface area contributed by atoms with Crippen LogP contribution in [-0.2, 0) is 20.7 Å². The minimum atomic E-state index is -1.02. The first-order valence-corrected chi connectivity index (χ1v) is 13.8. The average molecular weight is 540 g/mol. The number of carbonyl (C=O) groups is 3. The van der Waals surface area contributed by atoms with Gasteiger partial charge < -0.3 is 25.4 Å². The van der Waals surface area contributed by atoms with Crippen LogP contribution in [0.15, 0.2) is 48.5 Å². The van der Waals surface area contributed by atoms with Crippen molar-refractivity contribution < 1.29 is 24.2 Å². The van der Waals surface area contributed by atoms with Crippen molar-refractivity contribution in [1.82, 2.24) is 15.5 Å². The molecule has 2 aromatic carbocycles. The van der Waals surface area contributed by atoms with E-state index >= 15 is 0 Å². The monoisotopic (exact) mass is 539 g/mol. The second-order valence-corrected chi connectivity index (χ2v) is 10.8. The Hall–Kier alpha value is -3.39. The lowest BCUT2D eigenvalue weighted by Crippen LogP contribution is -2.54. The molecule has 2 atom stereocenters. The molecule has 2 unspecified atom stereocenters. The zero-order valence-electron chi connectivity index (χ0n) is 24.3. The van der Waals surface area contributed by atoms with Crippen molar-refractivity contribution in [3.05, 3.63) is 70.8 Å². The fourth-order valence-electron chi connectivity index (χ4n) is 4.54. The molecule has 2 rings (SSSR count). The van der Waals surface area contributed by atoms with Crippen LogP contribution in [0.5, 0.6) is 0 Å². The summed E-state index contributed by atoms with van der Waals surface area (Å²) < 4.78 is 5.45. The van der Waals surface area contributed by atoms with Crippen LogP contribution in [0.3, 0.4) is 0 Å². The third-order valence-corrected chi connectivity index (χ3v) is 6.35. The summed E-state index contributed by atoms with van der Waals surface area (Å²) in [6.45, 7) is 11.2. The van der Waals surface area contributed by atoms with Gasteiger partial charge in [-0.3, -0.25) is 9.59 Å². The van der Waals surface area contributed by atoms with E-state index in [9.17, 15) is 19.5 Å². The Balaban J connectivity index is 2.52. The molecule has 0 aliphatic carbocycles. The molecular weight excluding hydrogens is 494 g/mol. The summed E-state index contributed by atoms with van der Waals surface area (Å²) in [6, 6.07) is 13.1. The van der Waals surface area contributed by atoms with Gasteiger partial charge in [-0.05, 0) is 63.3 Å². The molecule has 0 aromatic heterocycles. The molecule has 8 nitrogen and oxygen atoms in total. The fourth-order valence-corrected chi connectivity index (χ4v) is 4.54. The van der Waals surface area contributed by atoms with Gasteiger partial charge in [0.15, 0.2) is 0 Å². The maximum Gasteiger partial charge on any atom is 0.408 e. The van der Waals surface area contributed by atoms with Crippen LogP contribution in [0.4, 0.5) is 4.79 Å². The number of carbonyl (C=O) groups excluding carboxylic acids is 3. The summed E-state index contributed by atoms with van der Waals surface area (Å²) in [5.41, 5.74) is 2.51. The number of ether oxygens (including phenoxy) is 1. The van der Waals surface area contributed by atoms with Gasteiger partial charge in [0.05, 0.1) is 6.61 Å². The second-order valence-electron chi connectivity index (χ2n) is 10.8. The lowest BCUT2D eigenvalue weighted by atomic mass is 9.93. The number of nitrogens with zero attached hydrogens (tertiary/aromatic N) is 1. The molecule has 214 valence electrons. The van der Waals surface area contributed by atoms with Crippen molar-refractivity contribution in [3.63, 3.8) is 0 Å². The molecule has 0 saturated heterocycles. The van der Waals surface area contributed by atoms with Crippen molar-refractivity contribution in [2.75, 3.05) is 19.7 Å². The van der Waals surface area contributed by atoms with Gasteiger partial charge in [0, 0.05) is 19.5 Å². The molecule has 8 heteroatoms. The molecular formula is C31H45N3O5. The lowest BCUT2D eigenvalue weighted by Gasteiger charge is -2.35. The minimum absolute atomic E-state index is 0.0824. The molecule has 0 saturated carbocycles. The third-order valence-electron chi connectivity index (χ3n) is 6.35. The Morgan fingerprint density at radius 2 is 1.62 bits per heavy atom. The van der Waals surface area contributed by atoms with E-state index in [1.807, 2.05) is 62.4 Å². The Kier molecular flexibility index (Phi) is 12.5. The maximum atomic E-state index is 14.2. The number of nitrogens with one attached hydrogen (secondary N) is 2. The van der Waals surface area contributed by atoms with Crippen LogP contribution < -0.4 is 10.6 Å². The smallest absolute Gasteiger partial charge is 0.408 e. The van der Waals surface area contributed by atoms with E-state index in [2.05, 4.69) is 17.6 Å². The first-order chi connectivity index (χ1) is 18.5. The van der Waals surface area contributed by atoms with Crippen molar-refractivity contribution in [2.24, 2.45) is 0 Å². The molecule has 0 spiro atoms. The number of aliphatic hydroxyl groups is 1. The normalized spacial score (nSPS) is 12.8. The van der Waals surface area contributed by atoms with Gasteiger partial charge in [-0.15, -0.1) is 0 Å². The lowest BCUT2D eigenvalue weighted by molar-refractivity contribution is -0.143. The first-order valence-electron chi connectivity index (χ1n) is 13.8. The van der Waals surface area contributed by atoms with Gasteiger partial charge in [0.1, 0.15) is 17.7 Å². The number of aliphatic hydroxyl groups excluding tert-OH is 1. The average Bonchev–Trinajstić information content (AvgIpc) is 2.86. The number of hydrogen-bond donors (Lipinski definition) is 3. The second kappa shape index (κ2) is 15.3. The largest absolute Gasteiger partial charge is 0.444 e. The summed E-state index contributed by atoms with van der Waals surface area (Å²) >= 11 is 0. The van der Waals surface area contributed by atoms with Gasteiger partial charge in [0.2, 0.25) is 11.8 Å². The number of benzene rings is 2. The highest BCUT2D eigenvalue weighted by atomic mass is 16.6. The topological polar surface area (TPSA) is 108 Å². The van der Waals surface area contributed by atoms with E-state index in [1.54, 1.807) is 20.8 Å². The van der Waals surface area contributed by atoms with Gasteiger partial charge in [0.25, 0.3) is 0 Å². The highest BCUT2D eigenvalue weighted by Crippen LogP contribution is 2.29. The zero-order valence-corrected chi connectivity index (χ0v) is 24.3. The van der Waals surface area contributed by atoms with Gasteiger partial charge in [-0.1, -0.05) is 68.3 Å². The summed E-state index contributed by atoms with van der Waals surface area (Å²) in [7, 11) is 0. The van der Waals surface area contributed by atoms with Crippen LogP contribution >= 0.6 is 0 Å². The van der Waals surface area contributed by atoms with Crippen LogP contribution in [0.25, 0.3) is 0 Å². The van der Waals surface area contributed by atoms with E-state index in [0.29, 0.717) is 12.1 Å². The Bertz CT molecular complexity index is 1060. The van der Waals surface area contributed by atoms with Crippen LogP contribution in [0, 0.1) is 13.8 Å². The van der Waals surface area contributed by atoms with Crippen molar-refractivity contribution in [3.8, 4) is 0 Å². The summed E-state index contributed by atoms with van der Waals surface area (Å²) in [4.78, 5) is 42.1. The van der Waals surface area contributed by atoms with E-state index in [1.165, 1.54) is 4.90 Å². The van der Waals surface area contributed by atoms with Gasteiger partial charge in [-0.25, -0.2) is 4.79 Å². The van der Waals surface area contributed by atoms with Crippen LogP contribution in [0.2, 0.25) is 0 Å². The van der Waals surface area contributed by atoms with Crippen molar-refractivity contribution in [1.29, 1.82) is 0 Å².